The average molecular weight is 526 g/mol. The van der Waals surface area contributed by atoms with Crippen LogP contribution in [0, 0.1) is 0 Å². The highest BCUT2D eigenvalue weighted by Gasteiger charge is 2.53. The van der Waals surface area contributed by atoms with E-state index in [1.807, 2.05) is 0 Å². The molecule has 162 valence electrons. The number of amides is 1. The van der Waals surface area contributed by atoms with Crippen molar-refractivity contribution in [1.29, 1.82) is 0 Å². The van der Waals surface area contributed by atoms with Crippen molar-refractivity contribution < 1.29 is 45.8 Å². The lowest BCUT2D eigenvalue weighted by Gasteiger charge is -2.16. The number of fused-ring (bicyclic) bond motifs is 1. The van der Waals surface area contributed by atoms with E-state index in [0.29, 0.717) is 11.3 Å². The number of nitrogens with two attached hydrogens (primary N) is 1. The van der Waals surface area contributed by atoms with Gasteiger partial charge in [-0.25, -0.2) is 0 Å². The minimum absolute atomic E-state index is 0.000153. The summed E-state index contributed by atoms with van der Waals surface area (Å²) in [7, 11) is -5.86. The summed E-state index contributed by atoms with van der Waals surface area (Å²) in [4.78, 5) is 28.5. The predicted octanol–water partition coefficient (Wildman–Crippen LogP) is 5.10. The smallest absolute Gasteiger partial charge is 0.400 e. The van der Waals surface area contributed by atoms with Crippen LogP contribution in [-0.4, -0.2) is 28.5 Å². The Bertz CT molecular complexity index is 974. The maximum atomic E-state index is 14.2. The maximum Gasteiger partial charge on any atom is 0.400 e. The molecule has 2 rings (SSSR count). The summed E-state index contributed by atoms with van der Waals surface area (Å²) in [5, 5.41) is -0.000262. The normalized spacial score (nSPS) is 13.1. The summed E-state index contributed by atoms with van der Waals surface area (Å²) >= 11 is 3.19. The molecule has 1 amide bonds. The van der Waals surface area contributed by atoms with Crippen molar-refractivity contribution in [2.75, 3.05) is 6.61 Å². The zero-order valence-corrected chi connectivity index (χ0v) is 17.6. The van der Waals surface area contributed by atoms with E-state index in [4.69, 9.17) is 20.3 Å². The number of unbranched alkanes of at least 4 members (excludes halogenated alkanes) is 1. The van der Waals surface area contributed by atoms with Gasteiger partial charge in [-0.2, -0.15) is 22.0 Å². The summed E-state index contributed by atoms with van der Waals surface area (Å²) in [5.41, 5.74) is 0.566. The van der Waals surface area contributed by atoms with Gasteiger partial charge in [0.15, 0.2) is 0 Å². The molecule has 0 aliphatic heterocycles. The molecule has 0 bridgehead atoms. The second kappa shape index (κ2) is 8.46. The van der Waals surface area contributed by atoms with Crippen LogP contribution in [0.3, 0.4) is 0 Å². The highest BCUT2D eigenvalue weighted by Crippen LogP contribution is 2.63. The first-order valence-electron chi connectivity index (χ1n) is 7.84. The molecule has 14 heteroatoms. The van der Waals surface area contributed by atoms with E-state index < -0.39 is 36.6 Å². The molecular formula is C15H14BrF5NO5PS. The van der Waals surface area contributed by atoms with E-state index in [0.717, 1.165) is 12.1 Å². The zero-order valence-electron chi connectivity index (χ0n) is 14.3. The first-order chi connectivity index (χ1) is 13.1. The molecule has 1 heterocycles. The van der Waals surface area contributed by atoms with Gasteiger partial charge in [0.05, 0.1) is 11.3 Å². The molecule has 0 saturated carbocycles. The van der Waals surface area contributed by atoms with Crippen molar-refractivity contribution in [2.24, 2.45) is 5.73 Å². The Morgan fingerprint density at radius 3 is 2.34 bits per heavy atom. The first kappa shape index (κ1) is 24.0. The van der Waals surface area contributed by atoms with Crippen LogP contribution in [-0.2, 0) is 10.2 Å². The molecule has 0 atom stereocenters. The van der Waals surface area contributed by atoms with Crippen molar-refractivity contribution in [1.82, 2.24) is 0 Å². The molecule has 6 nitrogen and oxygen atoms in total. The largest absolute Gasteiger partial charge is 0.492 e. The number of benzene rings is 1. The van der Waals surface area contributed by atoms with Gasteiger partial charge in [-0.05, 0) is 40.9 Å². The molecule has 0 spiro atoms. The third-order valence-corrected chi connectivity index (χ3v) is 7.21. The topological polar surface area (TPSA) is 110 Å². The minimum atomic E-state index is -5.86. The Labute approximate surface area is 173 Å². The fourth-order valence-corrected chi connectivity index (χ4v) is 5.30. The quantitative estimate of drug-likeness (QED) is 0.252. The number of rotatable bonds is 8. The minimum Gasteiger partial charge on any atom is -0.492 e. The van der Waals surface area contributed by atoms with Crippen LogP contribution in [0.4, 0.5) is 22.0 Å². The van der Waals surface area contributed by atoms with Crippen molar-refractivity contribution in [3.8, 4) is 5.75 Å². The lowest BCUT2D eigenvalue weighted by Crippen LogP contribution is -2.12. The second-order valence-corrected chi connectivity index (χ2v) is 9.43. The van der Waals surface area contributed by atoms with E-state index >= 15 is 0 Å². The fraction of sp³-hybridized carbons (Fsp3) is 0.400. The molecule has 0 radical (unpaired) electrons. The van der Waals surface area contributed by atoms with E-state index in [1.54, 1.807) is 0 Å². The molecule has 0 saturated heterocycles. The standard InChI is InChI=1S/C15H14BrF5NO5PS/c16-10-8-5-7(13(22)23)6-9(27-4-2-1-3-14(17,18)19)11(8)29-12(10)15(20,21)28(24,25)26/h5-6H,1-4H2,(H2,22,23)(H2,24,25,26). The summed E-state index contributed by atoms with van der Waals surface area (Å²) in [5.74, 6) is -1.03. The van der Waals surface area contributed by atoms with Crippen LogP contribution < -0.4 is 10.5 Å². The van der Waals surface area contributed by atoms with Crippen molar-refractivity contribution in [3.63, 3.8) is 0 Å². The lowest BCUT2D eigenvalue weighted by atomic mass is 10.1. The number of alkyl halides is 5. The fourth-order valence-electron chi connectivity index (χ4n) is 2.32. The summed E-state index contributed by atoms with van der Waals surface area (Å²) < 4.78 is 81.2. The van der Waals surface area contributed by atoms with Gasteiger partial charge < -0.3 is 20.3 Å². The Balaban J connectivity index is 2.42. The second-order valence-electron chi connectivity index (χ2n) is 5.97. The highest BCUT2D eigenvalue weighted by atomic mass is 79.9. The molecule has 0 aliphatic carbocycles. The van der Waals surface area contributed by atoms with Gasteiger partial charge in [0.25, 0.3) is 0 Å². The van der Waals surface area contributed by atoms with E-state index in [-0.39, 0.29) is 45.3 Å². The summed E-state index contributed by atoms with van der Waals surface area (Å²) in [6.45, 7) is -0.201. The number of thiophene rings is 1. The molecule has 1 aromatic carbocycles. The van der Waals surface area contributed by atoms with Crippen LogP contribution in [0.2, 0.25) is 0 Å². The number of hydrogen-bond donors (Lipinski definition) is 3. The van der Waals surface area contributed by atoms with Gasteiger partial charge in [0, 0.05) is 21.8 Å². The van der Waals surface area contributed by atoms with Gasteiger partial charge >= 0.3 is 19.4 Å². The van der Waals surface area contributed by atoms with Gasteiger partial charge in [-0.1, -0.05) is 0 Å². The van der Waals surface area contributed by atoms with Gasteiger partial charge in [0.2, 0.25) is 5.91 Å². The Hall–Kier alpha value is -1.27. The van der Waals surface area contributed by atoms with Crippen LogP contribution >= 0.6 is 34.9 Å². The number of primary amides is 1. The van der Waals surface area contributed by atoms with Gasteiger partial charge in [-0.3, -0.25) is 9.36 Å². The SMILES string of the molecule is NC(=O)c1cc(OCCCCC(F)(F)F)c2sc(C(F)(F)P(=O)(O)O)c(Br)c2c1. The third-order valence-electron chi connectivity index (χ3n) is 3.73. The monoisotopic (exact) mass is 525 g/mol. The van der Waals surface area contributed by atoms with Crippen molar-refractivity contribution >= 4 is 50.9 Å². The molecule has 29 heavy (non-hydrogen) atoms. The lowest BCUT2D eigenvalue weighted by molar-refractivity contribution is -0.135. The zero-order chi connectivity index (χ0) is 22.2. The number of carbonyl (C=O) groups is 1. The van der Waals surface area contributed by atoms with Crippen LogP contribution in [0.1, 0.15) is 34.5 Å². The number of ether oxygens (including phenoxy) is 1. The van der Waals surface area contributed by atoms with Crippen LogP contribution in [0.15, 0.2) is 16.6 Å². The predicted molar refractivity (Wildman–Crippen MR) is 99.4 cm³/mol. The van der Waals surface area contributed by atoms with E-state index in [1.165, 1.54) is 0 Å². The first-order valence-corrected chi connectivity index (χ1v) is 11.1. The van der Waals surface area contributed by atoms with Gasteiger partial charge in [0.1, 0.15) is 10.6 Å². The highest BCUT2D eigenvalue weighted by molar-refractivity contribution is 9.10. The Morgan fingerprint density at radius 1 is 1.21 bits per heavy atom. The molecular weight excluding hydrogens is 512 g/mol. The molecule has 1 aromatic heterocycles. The van der Waals surface area contributed by atoms with Crippen molar-refractivity contribution in [3.05, 3.63) is 27.0 Å². The molecule has 0 fully saturated rings. The molecule has 0 aliphatic rings. The summed E-state index contributed by atoms with van der Waals surface area (Å²) in [6, 6.07) is 2.28. The van der Waals surface area contributed by atoms with E-state index in [2.05, 4.69) is 15.9 Å². The van der Waals surface area contributed by atoms with Gasteiger partial charge in [-0.15, -0.1) is 11.3 Å². The van der Waals surface area contributed by atoms with Crippen LogP contribution in [0.5, 0.6) is 5.75 Å². The molecule has 4 N–H and O–H groups in total. The number of halogens is 6. The number of hydrogen-bond acceptors (Lipinski definition) is 4. The van der Waals surface area contributed by atoms with Crippen LogP contribution in [0.25, 0.3) is 10.1 Å². The third kappa shape index (κ3) is 5.46. The Morgan fingerprint density at radius 2 is 1.83 bits per heavy atom. The van der Waals surface area contributed by atoms with Crippen molar-refractivity contribution in [2.45, 2.75) is 31.1 Å². The molecule has 0 unspecified atom stereocenters. The molecule has 2 aromatic rings. The Kier molecular flexibility index (Phi) is 7.00. The summed E-state index contributed by atoms with van der Waals surface area (Å²) in [6.07, 6.45) is -5.56. The van der Waals surface area contributed by atoms with E-state index in [9.17, 15) is 31.3 Å². The maximum absolute atomic E-state index is 14.2. The average Bonchev–Trinajstić information content (AvgIpc) is 2.90. The number of carbonyl (C=O) groups excluding carboxylic acids is 1.